The average Bonchev–Trinajstić information content (AvgIpc) is 2.56. The molecule has 4 nitrogen and oxygen atoms in total. The van der Waals surface area contributed by atoms with Crippen LogP contribution in [0.2, 0.25) is 0 Å². The fourth-order valence-corrected chi connectivity index (χ4v) is 3.96. The van der Waals surface area contributed by atoms with Crippen LogP contribution in [0.1, 0.15) is 44.6 Å². The van der Waals surface area contributed by atoms with Crippen molar-refractivity contribution in [2.75, 3.05) is 23.4 Å². The lowest BCUT2D eigenvalue weighted by molar-refractivity contribution is -0.131. The van der Waals surface area contributed by atoms with Crippen LogP contribution in [0.3, 0.4) is 0 Å². The Morgan fingerprint density at radius 2 is 1.96 bits per heavy atom. The maximum absolute atomic E-state index is 12.4. The number of amides is 2. The van der Waals surface area contributed by atoms with Gasteiger partial charge < -0.3 is 10.2 Å². The molecule has 0 unspecified atom stereocenters. The highest BCUT2D eigenvalue weighted by molar-refractivity contribution is 8.00. The summed E-state index contributed by atoms with van der Waals surface area (Å²) < 4.78 is 0. The molecule has 0 saturated heterocycles. The summed E-state index contributed by atoms with van der Waals surface area (Å²) in [6.45, 7) is 4.80. The average molecular weight is 349 g/mol. The molecule has 2 rings (SSSR count). The molecule has 0 heterocycles. The Kier molecular flexibility index (Phi) is 7.63. The van der Waals surface area contributed by atoms with Gasteiger partial charge in [-0.1, -0.05) is 31.4 Å². The lowest BCUT2D eigenvalue weighted by atomic mass is 9.94. The van der Waals surface area contributed by atoms with Gasteiger partial charge in [0.1, 0.15) is 0 Å². The van der Waals surface area contributed by atoms with Crippen molar-refractivity contribution in [1.29, 1.82) is 0 Å². The predicted molar refractivity (Wildman–Crippen MR) is 101 cm³/mol. The number of aryl methyl sites for hydroxylation is 1. The zero-order valence-corrected chi connectivity index (χ0v) is 15.5. The van der Waals surface area contributed by atoms with Gasteiger partial charge in [0.15, 0.2) is 0 Å². The Morgan fingerprint density at radius 3 is 2.62 bits per heavy atom. The summed E-state index contributed by atoms with van der Waals surface area (Å²) in [4.78, 5) is 26.4. The van der Waals surface area contributed by atoms with Crippen LogP contribution in [0.5, 0.6) is 0 Å². The van der Waals surface area contributed by atoms with Crippen LogP contribution in [-0.4, -0.2) is 40.8 Å². The molecule has 0 spiro atoms. The van der Waals surface area contributed by atoms with Gasteiger partial charge in [0, 0.05) is 18.3 Å². The fourth-order valence-electron chi connectivity index (χ4n) is 3.26. The molecule has 1 aliphatic rings. The molecule has 1 aromatic carbocycles. The van der Waals surface area contributed by atoms with E-state index < -0.39 is 0 Å². The maximum Gasteiger partial charge on any atom is 0.234 e. The van der Waals surface area contributed by atoms with E-state index in [0.29, 0.717) is 17.5 Å². The molecule has 1 aliphatic carbocycles. The van der Waals surface area contributed by atoms with Gasteiger partial charge in [0.2, 0.25) is 11.8 Å². The highest BCUT2D eigenvalue weighted by Crippen LogP contribution is 2.23. The van der Waals surface area contributed by atoms with Crippen LogP contribution in [-0.2, 0) is 9.59 Å². The van der Waals surface area contributed by atoms with E-state index in [2.05, 4.69) is 5.32 Å². The van der Waals surface area contributed by atoms with Crippen LogP contribution in [0.25, 0.3) is 0 Å². The summed E-state index contributed by atoms with van der Waals surface area (Å²) in [6.07, 6.45) is 5.98. The number of hydrogen-bond donors (Lipinski definition) is 1. The second-order valence-corrected chi connectivity index (χ2v) is 7.37. The van der Waals surface area contributed by atoms with Crippen molar-refractivity contribution in [3.8, 4) is 0 Å². The molecular weight excluding hydrogens is 320 g/mol. The van der Waals surface area contributed by atoms with Crippen molar-refractivity contribution >= 4 is 29.3 Å². The van der Waals surface area contributed by atoms with Gasteiger partial charge >= 0.3 is 0 Å². The molecule has 24 heavy (non-hydrogen) atoms. The quantitative estimate of drug-likeness (QED) is 0.814. The topological polar surface area (TPSA) is 49.4 Å². The molecule has 2 amide bonds. The minimum Gasteiger partial charge on any atom is -0.339 e. The van der Waals surface area contributed by atoms with Gasteiger partial charge in [-0.3, -0.25) is 9.59 Å². The van der Waals surface area contributed by atoms with Crippen molar-refractivity contribution in [1.82, 2.24) is 4.90 Å². The van der Waals surface area contributed by atoms with Crippen LogP contribution >= 0.6 is 11.8 Å². The van der Waals surface area contributed by atoms with Crippen molar-refractivity contribution in [3.63, 3.8) is 0 Å². The predicted octanol–water partition coefficient (Wildman–Crippen LogP) is 3.85. The van der Waals surface area contributed by atoms with Crippen molar-refractivity contribution < 1.29 is 9.59 Å². The summed E-state index contributed by atoms with van der Waals surface area (Å²) in [6, 6.07) is 8.13. The molecule has 0 aliphatic heterocycles. The first-order valence-electron chi connectivity index (χ1n) is 8.84. The highest BCUT2D eigenvalue weighted by Gasteiger charge is 2.23. The van der Waals surface area contributed by atoms with Crippen LogP contribution < -0.4 is 5.32 Å². The molecule has 0 bridgehead atoms. The SMILES string of the molecule is CCN(C(=O)CSCC(=O)Nc1cccc(C)c1)C1CCCCC1. The monoisotopic (exact) mass is 348 g/mol. The fraction of sp³-hybridized carbons (Fsp3) is 0.579. The van der Waals surface area contributed by atoms with E-state index in [1.807, 2.05) is 43.0 Å². The van der Waals surface area contributed by atoms with Gasteiger partial charge in [0.25, 0.3) is 0 Å². The summed E-state index contributed by atoms with van der Waals surface area (Å²) >= 11 is 1.40. The normalized spacial score (nSPS) is 15.1. The zero-order chi connectivity index (χ0) is 17.4. The minimum absolute atomic E-state index is 0.0564. The van der Waals surface area contributed by atoms with E-state index in [1.165, 1.54) is 31.0 Å². The maximum atomic E-state index is 12.4. The second-order valence-electron chi connectivity index (χ2n) is 6.38. The first-order valence-corrected chi connectivity index (χ1v) is 9.99. The van der Waals surface area contributed by atoms with E-state index in [-0.39, 0.29) is 11.8 Å². The molecule has 132 valence electrons. The number of hydrogen-bond acceptors (Lipinski definition) is 3. The van der Waals surface area contributed by atoms with Crippen molar-refractivity contribution in [2.24, 2.45) is 0 Å². The Morgan fingerprint density at radius 1 is 1.21 bits per heavy atom. The third kappa shape index (κ3) is 5.86. The zero-order valence-electron chi connectivity index (χ0n) is 14.7. The first kappa shape index (κ1) is 18.8. The molecule has 5 heteroatoms. The first-order chi connectivity index (χ1) is 11.6. The van der Waals surface area contributed by atoms with Gasteiger partial charge in [-0.15, -0.1) is 11.8 Å². The lowest BCUT2D eigenvalue weighted by Crippen LogP contribution is -2.42. The van der Waals surface area contributed by atoms with E-state index in [0.717, 1.165) is 30.6 Å². The number of thioether (sulfide) groups is 1. The summed E-state index contributed by atoms with van der Waals surface area (Å²) in [5.41, 5.74) is 1.92. The molecule has 1 N–H and O–H groups in total. The number of carbonyl (C=O) groups excluding carboxylic acids is 2. The van der Waals surface area contributed by atoms with Crippen LogP contribution in [0.4, 0.5) is 5.69 Å². The van der Waals surface area contributed by atoms with Gasteiger partial charge in [0.05, 0.1) is 11.5 Å². The molecule has 0 radical (unpaired) electrons. The summed E-state index contributed by atoms with van der Waals surface area (Å²) in [7, 11) is 0. The number of benzene rings is 1. The van der Waals surface area contributed by atoms with E-state index in [9.17, 15) is 9.59 Å². The van der Waals surface area contributed by atoms with Crippen molar-refractivity contribution in [3.05, 3.63) is 29.8 Å². The lowest BCUT2D eigenvalue weighted by Gasteiger charge is -2.33. The molecule has 0 atom stereocenters. The Balaban J connectivity index is 1.73. The number of nitrogens with zero attached hydrogens (tertiary/aromatic N) is 1. The number of rotatable bonds is 7. The van der Waals surface area contributed by atoms with E-state index in [1.54, 1.807) is 0 Å². The van der Waals surface area contributed by atoms with Crippen molar-refractivity contribution in [2.45, 2.75) is 52.0 Å². The van der Waals surface area contributed by atoms with E-state index in [4.69, 9.17) is 0 Å². The third-order valence-electron chi connectivity index (χ3n) is 4.44. The molecule has 1 fully saturated rings. The van der Waals surface area contributed by atoms with Crippen LogP contribution in [0, 0.1) is 6.92 Å². The van der Waals surface area contributed by atoms with E-state index >= 15 is 0 Å². The van der Waals surface area contributed by atoms with Gasteiger partial charge in [-0.2, -0.15) is 0 Å². The minimum atomic E-state index is -0.0564. The van der Waals surface area contributed by atoms with Crippen LogP contribution in [0.15, 0.2) is 24.3 Å². The Hall–Kier alpha value is -1.49. The summed E-state index contributed by atoms with van der Waals surface area (Å²) in [5.74, 6) is 0.796. The number of carbonyl (C=O) groups is 2. The summed E-state index contributed by atoms with van der Waals surface area (Å²) in [5, 5.41) is 2.88. The smallest absolute Gasteiger partial charge is 0.234 e. The molecule has 1 aromatic rings. The number of nitrogens with one attached hydrogen (secondary N) is 1. The molecule has 0 aromatic heterocycles. The van der Waals surface area contributed by atoms with Gasteiger partial charge in [-0.25, -0.2) is 0 Å². The standard InChI is InChI=1S/C19H28N2O2S/c1-3-21(17-10-5-4-6-11-17)19(23)14-24-13-18(22)20-16-9-7-8-15(2)12-16/h7-9,12,17H,3-6,10-11,13-14H2,1-2H3,(H,20,22). The Labute approximate surface area is 149 Å². The van der Waals surface area contributed by atoms with Gasteiger partial charge in [-0.05, 0) is 44.4 Å². The second kappa shape index (κ2) is 9.72. The Bertz CT molecular complexity index is 556. The highest BCUT2D eigenvalue weighted by atomic mass is 32.2. The number of anilines is 1. The molecular formula is C19H28N2O2S. The molecule has 1 saturated carbocycles. The largest absolute Gasteiger partial charge is 0.339 e. The third-order valence-corrected chi connectivity index (χ3v) is 5.35.